The van der Waals surface area contributed by atoms with Gasteiger partial charge in [0.15, 0.2) is 5.78 Å². The maximum Gasteiger partial charge on any atom is 0.269 e. The van der Waals surface area contributed by atoms with Gasteiger partial charge in [0.1, 0.15) is 0 Å². The van der Waals surface area contributed by atoms with Crippen molar-refractivity contribution in [3.05, 3.63) is 111 Å². The zero-order chi connectivity index (χ0) is 20.8. The van der Waals surface area contributed by atoms with Crippen molar-refractivity contribution in [1.82, 2.24) is 0 Å². The van der Waals surface area contributed by atoms with Crippen molar-refractivity contribution in [2.75, 3.05) is 5.32 Å². The molecule has 0 unspecified atom stereocenters. The summed E-state index contributed by atoms with van der Waals surface area (Å²) < 4.78 is 0. The third-order valence-electron chi connectivity index (χ3n) is 4.25. The third kappa shape index (κ3) is 5.23. The number of allylic oxidation sites excluding steroid dienone is 1. The molecule has 0 saturated carbocycles. The van der Waals surface area contributed by atoms with Crippen molar-refractivity contribution in [3.63, 3.8) is 0 Å². The highest BCUT2D eigenvalue weighted by Crippen LogP contribution is 2.16. The number of hydrogen-bond donors (Lipinski definition) is 1. The van der Waals surface area contributed by atoms with Crippen molar-refractivity contribution in [2.45, 2.75) is 6.92 Å². The van der Waals surface area contributed by atoms with Crippen LogP contribution in [0, 0.1) is 17.0 Å². The SMILES string of the molecule is Cc1ccc(C(=O)Nc2cccc(/C=C/C(=O)c3ccc([N+](=O)[O-])cc3)c2)cc1. The molecular formula is C23H18N2O4. The van der Waals surface area contributed by atoms with Gasteiger partial charge in [-0.2, -0.15) is 0 Å². The molecule has 3 aromatic rings. The van der Waals surface area contributed by atoms with Crippen molar-refractivity contribution < 1.29 is 14.5 Å². The molecule has 0 saturated heterocycles. The first kappa shape index (κ1) is 19.7. The van der Waals surface area contributed by atoms with Crippen LogP contribution in [-0.2, 0) is 0 Å². The summed E-state index contributed by atoms with van der Waals surface area (Å²) in [5.41, 5.74) is 3.27. The van der Waals surface area contributed by atoms with Gasteiger partial charge in [-0.05, 0) is 55.0 Å². The number of hydrogen-bond acceptors (Lipinski definition) is 4. The fourth-order valence-corrected chi connectivity index (χ4v) is 2.64. The smallest absolute Gasteiger partial charge is 0.269 e. The second-order valence-electron chi connectivity index (χ2n) is 6.45. The van der Waals surface area contributed by atoms with Crippen molar-refractivity contribution in [1.29, 1.82) is 0 Å². The van der Waals surface area contributed by atoms with Gasteiger partial charge in [0.05, 0.1) is 4.92 Å². The molecule has 29 heavy (non-hydrogen) atoms. The van der Waals surface area contributed by atoms with Gasteiger partial charge in [-0.1, -0.05) is 35.9 Å². The molecule has 0 spiro atoms. The molecule has 0 fully saturated rings. The summed E-state index contributed by atoms with van der Waals surface area (Å²) in [5.74, 6) is -0.484. The molecule has 0 atom stereocenters. The van der Waals surface area contributed by atoms with Crippen LogP contribution in [-0.4, -0.2) is 16.6 Å². The average Bonchev–Trinajstić information content (AvgIpc) is 2.73. The first-order chi connectivity index (χ1) is 13.9. The zero-order valence-electron chi connectivity index (χ0n) is 15.7. The zero-order valence-corrected chi connectivity index (χ0v) is 15.7. The van der Waals surface area contributed by atoms with Gasteiger partial charge in [0, 0.05) is 28.9 Å². The summed E-state index contributed by atoms with van der Waals surface area (Å²) in [4.78, 5) is 34.7. The van der Waals surface area contributed by atoms with E-state index in [-0.39, 0.29) is 17.4 Å². The highest BCUT2D eigenvalue weighted by atomic mass is 16.6. The molecular weight excluding hydrogens is 368 g/mol. The van der Waals surface area contributed by atoms with E-state index in [1.54, 1.807) is 42.5 Å². The number of nitro benzene ring substituents is 1. The Bertz CT molecular complexity index is 1080. The van der Waals surface area contributed by atoms with Crippen LogP contribution in [0.15, 0.2) is 78.9 Å². The molecule has 1 N–H and O–H groups in total. The van der Waals surface area contributed by atoms with E-state index in [2.05, 4.69) is 5.32 Å². The Balaban J connectivity index is 1.68. The minimum atomic E-state index is -0.513. The first-order valence-corrected chi connectivity index (χ1v) is 8.87. The Kier molecular flexibility index (Phi) is 5.94. The third-order valence-corrected chi connectivity index (χ3v) is 4.25. The number of rotatable bonds is 6. The van der Waals surface area contributed by atoms with Crippen LogP contribution in [0.4, 0.5) is 11.4 Å². The van der Waals surface area contributed by atoms with Gasteiger partial charge in [-0.3, -0.25) is 19.7 Å². The Morgan fingerprint density at radius 1 is 0.931 bits per heavy atom. The molecule has 0 heterocycles. The lowest BCUT2D eigenvalue weighted by Crippen LogP contribution is -2.11. The molecule has 0 aliphatic heterocycles. The summed E-state index contributed by atoms with van der Waals surface area (Å²) in [5, 5.41) is 13.5. The molecule has 6 nitrogen and oxygen atoms in total. The molecule has 0 aromatic heterocycles. The number of non-ortho nitro benzene ring substituents is 1. The second-order valence-corrected chi connectivity index (χ2v) is 6.45. The molecule has 3 rings (SSSR count). The molecule has 144 valence electrons. The van der Waals surface area contributed by atoms with Crippen LogP contribution in [0.1, 0.15) is 31.8 Å². The number of anilines is 1. The molecule has 3 aromatic carbocycles. The lowest BCUT2D eigenvalue weighted by atomic mass is 10.1. The Labute approximate surface area is 167 Å². The highest BCUT2D eigenvalue weighted by Gasteiger charge is 2.08. The number of nitro groups is 1. The largest absolute Gasteiger partial charge is 0.322 e. The van der Waals surface area contributed by atoms with E-state index in [4.69, 9.17) is 0 Å². The second kappa shape index (κ2) is 8.75. The molecule has 6 heteroatoms. The minimum Gasteiger partial charge on any atom is -0.322 e. The van der Waals surface area contributed by atoms with Crippen LogP contribution in [0.2, 0.25) is 0 Å². The summed E-state index contributed by atoms with van der Waals surface area (Å²) >= 11 is 0. The molecule has 0 aliphatic rings. The van der Waals surface area contributed by atoms with Crippen LogP contribution < -0.4 is 5.32 Å². The highest BCUT2D eigenvalue weighted by molar-refractivity contribution is 6.07. The summed E-state index contributed by atoms with van der Waals surface area (Å²) in [6.45, 7) is 1.95. The lowest BCUT2D eigenvalue weighted by Gasteiger charge is -2.06. The summed E-state index contributed by atoms with van der Waals surface area (Å²) in [6.07, 6.45) is 3.02. The fraction of sp³-hybridized carbons (Fsp3) is 0.0435. The van der Waals surface area contributed by atoms with Gasteiger partial charge in [-0.25, -0.2) is 0 Å². The van der Waals surface area contributed by atoms with Gasteiger partial charge in [0.2, 0.25) is 0 Å². The lowest BCUT2D eigenvalue weighted by molar-refractivity contribution is -0.384. The number of benzene rings is 3. The van der Waals surface area contributed by atoms with E-state index in [1.165, 1.54) is 30.3 Å². The molecule has 1 amide bonds. The maximum atomic E-state index is 12.3. The van der Waals surface area contributed by atoms with E-state index in [1.807, 2.05) is 19.1 Å². The van der Waals surface area contributed by atoms with E-state index in [9.17, 15) is 19.7 Å². The predicted octanol–water partition coefficient (Wildman–Crippen LogP) is 5.05. The molecule has 0 aliphatic carbocycles. The number of aryl methyl sites for hydroxylation is 1. The predicted molar refractivity (Wildman–Crippen MR) is 112 cm³/mol. The topological polar surface area (TPSA) is 89.3 Å². The molecule has 0 bridgehead atoms. The molecule has 0 radical (unpaired) electrons. The Hall–Kier alpha value is -4.06. The van der Waals surface area contributed by atoms with Gasteiger partial charge in [-0.15, -0.1) is 0 Å². The maximum absolute atomic E-state index is 12.3. The number of carbonyl (C=O) groups excluding carboxylic acids is 2. The van der Waals surface area contributed by atoms with E-state index in [0.29, 0.717) is 16.8 Å². The van der Waals surface area contributed by atoms with E-state index in [0.717, 1.165) is 11.1 Å². The van der Waals surface area contributed by atoms with Crippen molar-refractivity contribution in [2.24, 2.45) is 0 Å². The monoisotopic (exact) mass is 386 g/mol. The van der Waals surface area contributed by atoms with Crippen LogP contribution >= 0.6 is 0 Å². The average molecular weight is 386 g/mol. The van der Waals surface area contributed by atoms with Crippen LogP contribution in [0.3, 0.4) is 0 Å². The Morgan fingerprint density at radius 2 is 1.59 bits per heavy atom. The van der Waals surface area contributed by atoms with Crippen LogP contribution in [0.25, 0.3) is 6.08 Å². The summed E-state index contributed by atoms with van der Waals surface area (Å²) in [6, 6.07) is 19.8. The Morgan fingerprint density at radius 3 is 2.24 bits per heavy atom. The van der Waals surface area contributed by atoms with Gasteiger partial charge >= 0.3 is 0 Å². The van der Waals surface area contributed by atoms with Crippen molar-refractivity contribution >= 4 is 29.1 Å². The van der Waals surface area contributed by atoms with Crippen LogP contribution in [0.5, 0.6) is 0 Å². The van der Waals surface area contributed by atoms with Gasteiger partial charge < -0.3 is 5.32 Å². The first-order valence-electron chi connectivity index (χ1n) is 8.87. The number of amides is 1. The summed E-state index contributed by atoms with van der Waals surface area (Å²) in [7, 11) is 0. The van der Waals surface area contributed by atoms with Crippen molar-refractivity contribution in [3.8, 4) is 0 Å². The standard InChI is InChI=1S/C23H18N2O4/c1-16-5-8-19(9-6-16)23(27)24-20-4-2-3-17(15-20)7-14-22(26)18-10-12-21(13-11-18)25(28)29/h2-15H,1H3,(H,24,27)/b14-7+. The minimum absolute atomic E-state index is 0.0671. The van der Waals surface area contributed by atoms with E-state index < -0.39 is 4.92 Å². The normalized spacial score (nSPS) is 10.7. The number of nitrogens with one attached hydrogen (secondary N) is 1. The number of carbonyl (C=O) groups is 2. The number of ketones is 1. The fourth-order valence-electron chi connectivity index (χ4n) is 2.64. The van der Waals surface area contributed by atoms with E-state index >= 15 is 0 Å². The van der Waals surface area contributed by atoms with Gasteiger partial charge in [0.25, 0.3) is 11.6 Å². The number of nitrogens with zero attached hydrogens (tertiary/aromatic N) is 1. The quantitative estimate of drug-likeness (QED) is 0.278.